The van der Waals surface area contributed by atoms with Gasteiger partial charge in [-0.3, -0.25) is 9.78 Å². The smallest absolute Gasteiger partial charge is 0.326 e. The maximum absolute atomic E-state index is 12.3. The highest BCUT2D eigenvalue weighted by Crippen LogP contribution is 2.24. The Bertz CT molecular complexity index is 447. The van der Waals surface area contributed by atoms with Crippen molar-refractivity contribution in [1.82, 2.24) is 9.88 Å². The Morgan fingerprint density at radius 2 is 2.33 bits per heavy atom. The molecule has 0 radical (unpaired) electrons. The topological polar surface area (TPSA) is 70.5 Å². The van der Waals surface area contributed by atoms with Gasteiger partial charge >= 0.3 is 5.97 Å². The summed E-state index contributed by atoms with van der Waals surface area (Å²) >= 11 is 0. The number of carboxylic acids is 1. The molecule has 0 aliphatic carbocycles. The van der Waals surface area contributed by atoms with Gasteiger partial charge in [-0.05, 0) is 31.4 Å². The molecule has 18 heavy (non-hydrogen) atoms. The number of aromatic nitrogens is 1. The van der Waals surface area contributed by atoms with Gasteiger partial charge in [-0.25, -0.2) is 4.79 Å². The van der Waals surface area contributed by atoms with Crippen molar-refractivity contribution in [2.45, 2.75) is 31.7 Å². The summed E-state index contributed by atoms with van der Waals surface area (Å²) in [6.07, 6.45) is 4.59. The zero-order valence-electron chi connectivity index (χ0n) is 10.2. The summed E-state index contributed by atoms with van der Waals surface area (Å²) in [6, 6.07) is 2.94. The van der Waals surface area contributed by atoms with E-state index in [1.165, 1.54) is 4.90 Å². The molecule has 1 amide bonds. The molecule has 2 rings (SSSR count). The summed E-state index contributed by atoms with van der Waals surface area (Å²) in [5.74, 6) is -1.40. The van der Waals surface area contributed by atoms with Crippen LogP contribution in [0.5, 0.6) is 0 Å². The van der Waals surface area contributed by atoms with Gasteiger partial charge in [-0.1, -0.05) is 6.07 Å². The van der Waals surface area contributed by atoms with E-state index >= 15 is 0 Å². The molecular formula is C13H16N2O3. The van der Waals surface area contributed by atoms with Gasteiger partial charge < -0.3 is 10.0 Å². The molecule has 1 aliphatic heterocycles. The molecule has 2 atom stereocenters. The fourth-order valence-electron chi connectivity index (χ4n) is 2.31. The normalized spacial score (nSPS) is 20.7. The predicted molar refractivity (Wildman–Crippen MR) is 65.0 cm³/mol. The Hall–Kier alpha value is -1.91. The van der Waals surface area contributed by atoms with Crippen LogP contribution in [0.4, 0.5) is 0 Å². The van der Waals surface area contributed by atoms with Crippen molar-refractivity contribution in [1.29, 1.82) is 0 Å². The van der Waals surface area contributed by atoms with Crippen LogP contribution >= 0.6 is 0 Å². The fraction of sp³-hybridized carbons (Fsp3) is 0.462. The number of nitrogens with zero attached hydrogens (tertiary/aromatic N) is 2. The first-order valence-corrected chi connectivity index (χ1v) is 6.04. The minimum Gasteiger partial charge on any atom is -0.480 e. The predicted octanol–water partition coefficient (Wildman–Crippen LogP) is 1.26. The SMILES string of the molecule is CC(C(=O)N1CCCC1C(=O)O)c1cccnc1. The molecule has 5 nitrogen and oxygen atoms in total. The molecule has 2 unspecified atom stereocenters. The van der Waals surface area contributed by atoms with Crippen LogP contribution in [0, 0.1) is 0 Å². The lowest BCUT2D eigenvalue weighted by Crippen LogP contribution is -2.42. The molecule has 1 aromatic heterocycles. The highest BCUT2D eigenvalue weighted by molar-refractivity contribution is 5.88. The van der Waals surface area contributed by atoms with Crippen LogP contribution in [-0.2, 0) is 9.59 Å². The minimum atomic E-state index is -0.917. The van der Waals surface area contributed by atoms with Gasteiger partial charge in [0.15, 0.2) is 0 Å². The summed E-state index contributed by atoms with van der Waals surface area (Å²) in [7, 11) is 0. The summed E-state index contributed by atoms with van der Waals surface area (Å²) in [5.41, 5.74) is 0.818. The number of hydrogen-bond acceptors (Lipinski definition) is 3. The van der Waals surface area contributed by atoms with E-state index in [1.54, 1.807) is 25.4 Å². The third-order valence-electron chi connectivity index (χ3n) is 3.38. The van der Waals surface area contributed by atoms with E-state index in [0.717, 1.165) is 12.0 Å². The summed E-state index contributed by atoms with van der Waals surface area (Å²) < 4.78 is 0. The van der Waals surface area contributed by atoms with Crippen molar-refractivity contribution in [3.63, 3.8) is 0 Å². The van der Waals surface area contributed by atoms with Crippen LogP contribution in [-0.4, -0.2) is 39.5 Å². The quantitative estimate of drug-likeness (QED) is 0.874. The Balaban J connectivity index is 2.14. The number of hydrogen-bond donors (Lipinski definition) is 1. The Morgan fingerprint density at radius 3 is 2.94 bits per heavy atom. The first-order chi connectivity index (χ1) is 8.61. The van der Waals surface area contributed by atoms with Crippen molar-refractivity contribution in [2.75, 3.05) is 6.54 Å². The number of carbonyl (C=O) groups is 2. The fourth-order valence-corrected chi connectivity index (χ4v) is 2.31. The van der Waals surface area contributed by atoms with Gasteiger partial charge in [-0.2, -0.15) is 0 Å². The molecule has 5 heteroatoms. The number of rotatable bonds is 3. The highest BCUT2D eigenvalue weighted by atomic mass is 16.4. The first-order valence-electron chi connectivity index (χ1n) is 6.04. The van der Waals surface area contributed by atoms with E-state index in [2.05, 4.69) is 4.98 Å². The van der Waals surface area contributed by atoms with Crippen LogP contribution in [0.3, 0.4) is 0 Å². The first kappa shape index (κ1) is 12.5. The summed E-state index contributed by atoms with van der Waals surface area (Å²) in [6.45, 7) is 2.32. The third-order valence-corrected chi connectivity index (χ3v) is 3.38. The van der Waals surface area contributed by atoms with Crippen molar-refractivity contribution < 1.29 is 14.7 Å². The highest BCUT2D eigenvalue weighted by Gasteiger charge is 2.36. The largest absolute Gasteiger partial charge is 0.480 e. The minimum absolute atomic E-state index is 0.132. The maximum Gasteiger partial charge on any atom is 0.326 e. The molecule has 1 N–H and O–H groups in total. The Kier molecular flexibility index (Phi) is 3.60. The molecule has 1 aromatic rings. The van der Waals surface area contributed by atoms with Crippen LogP contribution in [0.15, 0.2) is 24.5 Å². The van der Waals surface area contributed by atoms with Crippen molar-refractivity contribution in [3.05, 3.63) is 30.1 Å². The lowest BCUT2D eigenvalue weighted by molar-refractivity contribution is -0.148. The van der Waals surface area contributed by atoms with Gasteiger partial charge in [0.25, 0.3) is 0 Å². The lowest BCUT2D eigenvalue weighted by atomic mass is 10.0. The van der Waals surface area contributed by atoms with Gasteiger partial charge in [-0.15, -0.1) is 0 Å². The molecule has 0 bridgehead atoms. The van der Waals surface area contributed by atoms with Crippen LogP contribution in [0.2, 0.25) is 0 Å². The second-order valence-corrected chi connectivity index (χ2v) is 4.54. The Labute approximate surface area is 105 Å². The lowest BCUT2D eigenvalue weighted by Gasteiger charge is -2.24. The van der Waals surface area contributed by atoms with Crippen molar-refractivity contribution in [2.24, 2.45) is 0 Å². The van der Waals surface area contributed by atoms with E-state index in [4.69, 9.17) is 5.11 Å². The standard InChI is InChI=1S/C13H16N2O3/c1-9(10-4-2-6-14-8-10)12(16)15-7-3-5-11(15)13(17)18/h2,4,6,8-9,11H,3,5,7H2,1H3,(H,17,18). The van der Waals surface area contributed by atoms with E-state index in [0.29, 0.717) is 13.0 Å². The van der Waals surface area contributed by atoms with E-state index in [-0.39, 0.29) is 11.8 Å². The zero-order chi connectivity index (χ0) is 13.1. The molecule has 2 heterocycles. The average Bonchev–Trinajstić information content (AvgIpc) is 2.87. The van der Waals surface area contributed by atoms with Gasteiger partial charge in [0.1, 0.15) is 6.04 Å². The number of amides is 1. The molecule has 96 valence electrons. The molecule has 1 fully saturated rings. The van der Waals surface area contributed by atoms with Gasteiger partial charge in [0.2, 0.25) is 5.91 Å². The number of likely N-dealkylation sites (tertiary alicyclic amines) is 1. The van der Waals surface area contributed by atoms with Gasteiger partial charge in [0.05, 0.1) is 5.92 Å². The van der Waals surface area contributed by atoms with Crippen LogP contribution in [0.1, 0.15) is 31.2 Å². The van der Waals surface area contributed by atoms with Crippen molar-refractivity contribution in [3.8, 4) is 0 Å². The molecule has 0 saturated carbocycles. The number of pyridine rings is 1. The summed E-state index contributed by atoms with van der Waals surface area (Å²) in [4.78, 5) is 28.8. The average molecular weight is 248 g/mol. The maximum atomic E-state index is 12.3. The van der Waals surface area contributed by atoms with Crippen LogP contribution in [0.25, 0.3) is 0 Å². The number of carbonyl (C=O) groups excluding carboxylic acids is 1. The second-order valence-electron chi connectivity index (χ2n) is 4.54. The molecule has 0 aromatic carbocycles. The van der Waals surface area contributed by atoms with E-state index in [9.17, 15) is 9.59 Å². The Morgan fingerprint density at radius 1 is 1.56 bits per heavy atom. The van der Waals surface area contributed by atoms with Crippen molar-refractivity contribution >= 4 is 11.9 Å². The summed E-state index contributed by atoms with van der Waals surface area (Å²) in [5, 5.41) is 9.08. The zero-order valence-corrected chi connectivity index (χ0v) is 10.2. The monoisotopic (exact) mass is 248 g/mol. The van der Waals surface area contributed by atoms with E-state index in [1.807, 2.05) is 6.07 Å². The molecular weight excluding hydrogens is 232 g/mol. The van der Waals surface area contributed by atoms with Gasteiger partial charge in [0, 0.05) is 18.9 Å². The number of aliphatic carboxylic acids is 1. The van der Waals surface area contributed by atoms with E-state index < -0.39 is 12.0 Å². The number of carboxylic acid groups (broad SMARTS) is 1. The molecule has 0 spiro atoms. The second kappa shape index (κ2) is 5.16. The molecule has 1 saturated heterocycles. The van der Waals surface area contributed by atoms with Crippen LogP contribution < -0.4 is 0 Å². The third kappa shape index (κ3) is 2.34. The molecule has 1 aliphatic rings.